The highest BCUT2D eigenvalue weighted by atomic mass is 16.5. The first kappa shape index (κ1) is 16.0. The highest BCUT2D eigenvalue weighted by molar-refractivity contribution is 5.80. The number of carboxylic acid groups (broad SMARTS) is 1. The lowest BCUT2D eigenvalue weighted by molar-refractivity contribution is -0.148. The monoisotopic (exact) mass is 301 g/mol. The summed E-state index contributed by atoms with van der Waals surface area (Å²) in [5, 5.41) is 20.0. The second-order valence-electron chi connectivity index (χ2n) is 5.18. The maximum atomic E-state index is 11.7. The summed E-state index contributed by atoms with van der Waals surface area (Å²) in [5.41, 5.74) is 5.41. The lowest BCUT2D eigenvalue weighted by Crippen LogP contribution is -2.54. The zero-order valence-electron chi connectivity index (χ0n) is 12.3. The Morgan fingerprint density at radius 1 is 1.18 bits per heavy atom. The molecule has 22 heavy (non-hydrogen) atoms. The fraction of sp³-hybridized carbons (Fsp3) is 0.235. The number of carbonyl (C=O) groups is 1. The third kappa shape index (κ3) is 3.27. The molecule has 0 aliphatic rings. The molecule has 2 atom stereocenters. The van der Waals surface area contributed by atoms with Crippen LogP contribution in [0.2, 0.25) is 0 Å². The van der Waals surface area contributed by atoms with Crippen LogP contribution in [-0.2, 0) is 11.2 Å². The summed E-state index contributed by atoms with van der Waals surface area (Å²) in [5.74, 6) is -0.628. The minimum Gasteiger partial charge on any atom is -0.497 e. The second-order valence-corrected chi connectivity index (χ2v) is 5.18. The van der Waals surface area contributed by atoms with Crippen molar-refractivity contribution in [2.45, 2.75) is 18.1 Å². The number of aliphatic hydroxyl groups excluding tert-OH is 1. The van der Waals surface area contributed by atoms with Gasteiger partial charge >= 0.3 is 5.97 Å². The lowest BCUT2D eigenvalue weighted by atomic mass is 9.83. The first-order chi connectivity index (χ1) is 10.5. The van der Waals surface area contributed by atoms with Gasteiger partial charge in [0.2, 0.25) is 0 Å². The third-order valence-electron chi connectivity index (χ3n) is 3.66. The van der Waals surface area contributed by atoms with Crippen LogP contribution < -0.4 is 10.5 Å². The molecule has 0 heterocycles. The summed E-state index contributed by atoms with van der Waals surface area (Å²) in [7, 11) is 1.53. The van der Waals surface area contributed by atoms with Gasteiger partial charge in [0.1, 0.15) is 17.4 Å². The highest BCUT2D eigenvalue weighted by Gasteiger charge is 2.42. The molecule has 2 aromatic rings. The van der Waals surface area contributed by atoms with Crippen molar-refractivity contribution in [1.29, 1.82) is 0 Å². The SMILES string of the molecule is COc1ccc([C@@H](O)[C@@](N)(Cc2ccccc2)C(=O)O)cc1. The molecule has 0 radical (unpaired) electrons. The van der Waals surface area contributed by atoms with E-state index in [2.05, 4.69) is 0 Å². The van der Waals surface area contributed by atoms with Crippen LogP contribution in [0.25, 0.3) is 0 Å². The van der Waals surface area contributed by atoms with Gasteiger partial charge in [-0.15, -0.1) is 0 Å². The third-order valence-corrected chi connectivity index (χ3v) is 3.66. The largest absolute Gasteiger partial charge is 0.497 e. The Morgan fingerprint density at radius 3 is 2.27 bits per heavy atom. The standard InChI is InChI=1S/C17H19NO4/c1-22-14-9-7-13(8-10-14)15(19)17(18,16(20)21)11-12-5-3-2-4-6-12/h2-10,15,19H,11,18H2,1H3,(H,20,21)/t15-,17+/m1/s1. The number of rotatable bonds is 6. The summed E-state index contributed by atoms with van der Waals surface area (Å²) in [6.45, 7) is 0. The maximum Gasteiger partial charge on any atom is 0.327 e. The average molecular weight is 301 g/mol. The molecule has 5 nitrogen and oxygen atoms in total. The first-order valence-corrected chi connectivity index (χ1v) is 6.85. The molecule has 5 heteroatoms. The van der Waals surface area contributed by atoms with Gasteiger partial charge in [-0.05, 0) is 23.3 Å². The van der Waals surface area contributed by atoms with Gasteiger partial charge in [-0.3, -0.25) is 4.79 Å². The molecule has 0 spiro atoms. The number of methoxy groups -OCH3 is 1. The predicted molar refractivity (Wildman–Crippen MR) is 82.7 cm³/mol. The number of aliphatic carboxylic acids is 1. The molecular weight excluding hydrogens is 282 g/mol. The Balaban J connectivity index is 2.30. The number of benzene rings is 2. The fourth-order valence-electron chi connectivity index (χ4n) is 2.31. The number of carboxylic acids is 1. The van der Waals surface area contributed by atoms with E-state index < -0.39 is 17.6 Å². The number of ether oxygens (including phenoxy) is 1. The van der Waals surface area contributed by atoms with E-state index in [0.29, 0.717) is 11.3 Å². The number of aliphatic hydroxyl groups is 1. The van der Waals surface area contributed by atoms with Crippen LogP contribution in [0.1, 0.15) is 17.2 Å². The van der Waals surface area contributed by atoms with Gasteiger partial charge in [0.15, 0.2) is 0 Å². The van der Waals surface area contributed by atoms with E-state index in [1.54, 1.807) is 48.5 Å². The zero-order chi connectivity index (χ0) is 16.2. The first-order valence-electron chi connectivity index (χ1n) is 6.85. The smallest absolute Gasteiger partial charge is 0.327 e. The molecule has 0 saturated carbocycles. The highest BCUT2D eigenvalue weighted by Crippen LogP contribution is 2.29. The molecule has 0 saturated heterocycles. The molecule has 0 fully saturated rings. The van der Waals surface area contributed by atoms with Gasteiger partial charge < -0.3 is 20.7 Å². The van der Waals surface area contributed by atoms with E-state index in [1.807, 2.05) is 6.07 Å². The molecule has 0 aliphatic heterocycles. The Kier molecular flexibility index (Phi) is 4.80. The minimum atomic E-state index is -1.81. The van der Waals surface area contributed by atoms with E-state index in [9.17, 15) is 15.0 Å². The summed E-state index contributed by atoms with van der Waals surface area (Å²) in [6.07, 6.45) is -1.31. The molecule has 2 rings (SSSR count). The van der Waals surface area contributed by atoms with Crippen LogP contribution >= 0.6 is 0 Å². The molecule has 0 aromatic heterocycles. The van der Waals surface area contributed by atoms with Crippen LogP contribution in [0.5, 0.6) is 5.75 Å². The Hall–Kier alpha value is -2.37. The quantitative estimate of drug-likeness (QED) is 0.756. The summed E-state index contributed by atoms with van der Waals surface area (Å²) in [4.78, 5) is 11.7. The van der Waals surface area contributed by atoms with Crippen LogP contribution in [-0.4, -0.2) is 28.8 Å². The minimum absolute atomic E-state index is 0.0242. The van der Waals surface area contributed by atoms with Crippen molar-refractivity contribution in [1.82, 2.24) is 0 Å². The van der Waals surface area contributed by atoms with E-state index in [4.69, 9.17) is 10.5 Å². The number of nitrogens with two attached hydrogens (primary N) is 1. The Morgan fingerprint density at radius 2 is 1.77 bits per heavy atom. The maximum absolute atomic E-state index is 11.7. The van der Waals surface area contributed by atoms with Gasteiger partial charge in [-0.1, -0.05) is 42.5 Å². The van der Waals surface area contributed by atoms with Gasteiger partial charge in [0, 0.05) is 6.42 Å². The summed E-state index contributed by atoms with van der Waals surface area (Å²) < 4.78 is 5.05. The molecular formula is C17H19NO4. The Labute approximate surface area is 129 Å². The van der Waals surface area contributed by atoms with Crippen LogP contribution in [0.4, 0.5) is 0 Å². The van der Waals surface area contributed by atoms with Crippen molar-refractivity contribution < 1.29 is 19.7 Å². The molecule has 0 amide bonds. The van der Waals surface area contributed by atoms with Gasteiger partial charge in [-0.2, -0.15) is 0 Å². The van der Waals surface area contributed by atoms with Crippen LogP contribution in [0.3, 0.4) is 0 Å². The average Bonchev–Trinajstić information content (AvgIpc) is 2.55. The second kappa shape index (κ2) is 6.60. The van der Waals surface area contributed by atoms with Crippen molar-refractivity contribution in [3.05, 3.63) is 65.7 Å². The molecule has 116 valence electrons. The van der Waals surface area contributed by atoms with Gasteiger partial charge in [0.25, 0.3) is 0 Å². The van der Waals surface area contributed by atoms with Crippen LogP contribution in [0.15, 0.2) is 54.6 Å². The summed E-state index contributed by atoms with van der Waals surface area (Å²) in [6, 6.07) is 15.5. The molecule has 0 aliphatic carbocycles. The van der Waals surface area contributed by atoms with Crippen molar-refractivity contribution in [3.8, 4) is 5.75 Å². The fourth-order valence-corrected chi connectivity index (χ4v) is 2.31. The van der Waals surface area contributed by atoms with Crippen molar-refractivity contribution in [2.24, 2.45) is 5.73 Å². The molecule has 2 aromatic carbocycles. The molecule has 0 unspecified atom stereocenters. The molecule has 4 N–H and O–H groups in total. The van der Waals surface area contributed by atoms with E-state index >= 15 is 0 Å². The van der Waals surface area contributed by atoms with E-state index in [1.165, 1.54) is 7.11 Å². The van der Waals surface area contributed by atoms with Crippen molar-refractivity contribution in [3.63, 3.8) is 0 Å². The van der Waals surface area contributed by atoms with E-state index in [0.717, 1.165) is 5.56 Å². The van der Waals surface area contributed by atoms with E-state index in [-0.39, 0.29) is 6.42 Å². The van der Waals surface area contributed by atoms with Crippen LogP contribution in [0, 0.1) is 0 Å². The molecule has 0 bridgehead atoms. The topological polar surface area (TPSA) is 92.8 Å². The summed E-state index contributed by atoms with van der Waals surface area (Å²) >= 11 is 0. The lowest BCUT2D eigenvalue weighted by Gasteiger charge is -2.30. The van der Waals surface area contributed by atoms with Gasteiger partial charge in [0.05, 0.1) is 7.11 Å². The van der Waals surface area contributed by atoms with Crippen molar-refractivity contribution >= 4 is 5.97 Å². The zero-order valence-corrected chi connectivity index (χ0v) is 12.3. The Bertz CT molecular complexity index is 627. The predicted octanol–water partition coefficient (Wildman–Crippen LogP) is 1.75. The normalized spacial score (nSPS) is 14.9. The number of hydrogen-bond acceptors (Lipinski definition) is 4. The number of hydrogen-bond donors (Lipinski definition) is 3. The van der Waals surface area contributed by atoms with Gasteiger partial charge in [-0.25, -0.2) is 0 Å². The van der Waals surface area contributed by atoms with Crippen molar-refractivity contribution in [2.75, 3.05) is 7.11 Å².